The van der Waals surface area contributed by atoms with Gasteiger partial charge in [-0.2, -0.15) is 0 Å². The molecule has 0 aliphatic carbocycles. The van der Waals surface area contributed by atoms with Crippen molar-refractivity contribution < 1.29 is 19.1 Å². The summed E-state index contributed by atoms with van der Waals surface area (Å²) in [5.41, 5.74) is 4.02. The van der Waals surface area contributed by atoms with Crippen molar-refractivity contribution in [2.24, 2.45) is 11.7 Å². The molecule has 3 N–H and O–H groups in total. The van der Waals surface area contributed by atoms with Crippen molar-refractivity contribution >= 4 is 17.8 Å². The number of methoxy groups -OCH3 is 1. The van der Waals surface area contributed by atoms with E-state index in [2.05, 4.69) is 15.0 Å². The second-order valence-electron chi connectivity index (χ2n) is 5.07. The number of nitrogens with zero attached hydrogens (tertiary/aromatic N) is 1. The number of carbonyl (C=O) groups excluding carboxylic acids is 3. The van der Waals surface area contributed by atoms with Crippen molar-refractivity contribution in [2.75, 3.05) is 7.11 Å². The number of amides is 2. The van der Waals surface area contributed by atoms with E-state index < -0.39 is 23.3 Å². The molecule has 1 rings (SSSR count). The number of nitrogens with two attached hydrogens (primary N) is 1. The van der Waals surface area contributed by atoms with Gasteiger partial charge in [-0.25, -0.2) is 4.79 Å². The molecule has 0 aliphatic rings. The Morgan fingerprint density at radius 2 is 2.00 bits per heavy atom. The molecule has 7 nitrogen and oxygen atoms in total. The lowest BCUT2D eigenvalue weighted by molar-refractivity contribution is -0.125. The first-order chi connectivity index (χ1) is 9.74. The van der Waals surface area contributed by atoms with Crippen molar-refractivity contribution in [1.29, 1.82) is 0 Å². The number of carbonyl (C=O) groups is 3. The lowest BCUT2D eigenvalue weighted by Gasteiger charge is -2.31. The topological polar surface area (TPSA) is 111 Å². The predicted molar refractivity (Wildman–Crippen MR) is 75.5 cm³/mol. The zero-order valence-electron chi connectivity index (χ0n) is 12.5. The van der Waals surface area contributed by atoms with Gasteiger partial charge in [-0.1, -0.05) is 13.8 Å². The number of nitrogens with one attached hydrogen (secondary N) is 1. The molecular formula is C14H19N3O4. The summed E-state index contributed by atoms with van der Waals surface area (Å²) in [5, 5.41) is 2.54. The van der Waals surface area contributed by atoms with Gasteiger partial charge in [0.05, 0.1) is 12.7 Å². The summed E-state index contributed by atoms with van der Waals surface area (Å²) >= 11 is 0. The van der Waals surface area contributed by atoms with Crippen molar-refractivity contribution in [2.45, 2.75) is 26.3 Å². The largest absolute Gasteiger partial charge is 0.465 e. The summed E-state index contributed by atoms with van der Waals surface area (Å²) in [5.74, 6) is -2.24. The number of rotatable bonds is 5. The molecule has 0 radical (unpaired) electrons. The molecule has 114 valence electrons. The fraction of sp³-hybridized carbons (Fsp3) is 0.429. The average Bonchev–Trinajstić information content (AvgIpc) is 2.45. The lowest BCUT2D eigenvalue weighted by atomic mass is 9.87. The highest BCUT2D eigenvalue weighted by atomic mass is 16.5. The van der Waals surface area contributed by atoms with Gasteiger partial charge >= 0.3 is 5.97 Å². The first-order valence-electron chi connectivity index (χ1n) is 6.39. The maximum absolute atomic E-state index is 12.3. The van der Waals surface area contributed by atoms with Gasteiger partial charge in [-0.15, -0.1) is 0 Å². The molecule has 1 atom stereocenters. The Labute approximate surface area is 122 Å². The van der Waals surface area contributed by atoms with Gasteiger partial charge in [-0.05, 0) is 25.0 Å². The minimum absolute atomic E-state index is 0.0214. The number of pyridine rings is 1. The molecule has 0 aliphatic heterocycles. The zero-order valence-corrected chi connectivity index (χ0v) is 12.5. The van der Waals surface area contributed by atoms with E-state index in [1.807, 2.05) is 0 Å². The van der Waals surface area contributed by atoms with Crippen LogP contribution in [0.5, 0.6) is 0 Å². The Bertz CT molecular complexity index is 571. The number of esters is 1. The van der Waals surface area contributed by atoms with Crippen LogP contribution in [0.3, 0.4) is 0 Å². The number of aromatic nitrogens is 1. The highest BCUT2D eigenvalue weighted by Crippen LogP contribution is 2.17. The van der Waals surface area contributed by atoms with Gasteiger partial charge in [0.25, 0.3) is 5.91 Å². The number of primary amides is 1. The van der Waals surface area contributed by atoms with Crippen LogP contribution in [0.4, 0.5) is 0 Å². The van der Waals surface area contributed by atoms with Gasteiger partial charge in [0.2, 0.25) is 5.91 Å². The Morgan fingerprint density at radius 3 is 2.48 bits per heavy atom. The van der Waals surface area contributed by atoms with Crippen molar-refractivity contribution in [1.82, 2.24) is 10.3 Å². The summed E-state index contributed by atoms with van der Waals surface area (Å²) in [4.78, 5) is 39.4. The fourth-order valence-electron chi connectivity index (χ4n) is 1.65. The Hall–Kier alpha value is -2.44. The maximum atomic E-state index is 12.3. The van der Waals surface area contributed by atoms with Crippen molar-refractivity contribution in [3.05, 3.63) is 29.6 Å². The molecule has 0 saturated carbocycles. The third-order valence-electron chi connectivity index (χ3n) is 3.47. The molecular weight excluding hydrogens is 274 g/mol. The molecule has 1 aromatic heterocycles. The molecule has 0 spiro atoms. The Morgan fingerprint density at radius 1 is 1.38 bits per heavy atom. The van der Waals surface area contributed by atoms with E-state index in [4.69, 9.17) is 5.73 Å². The van der Waals surface area contributed by atoms with Gasteiger partial charge in [0, 0.05) is 6.20 Å². The monoisotopic (exact) mass is 293 g/mol. The van der Waals surface area contributed by atoms with E-state index >= 15 is 0 Å². The first kappa shape index (κ1) is 16.6. The lowest BCUT2D eigenvalue weighted by Crippen LogP contribution is -2.58. The molecule has 0 fully saturated rings. The molecule has 0 bridgehead atoms. The summed E-state index contributed by atoms with van der Waals surface area (Å²) in [6.45, 7) is 5.04. The summed E-state index contributed by atoms with van der Waals surface area (Å²) in [7, 11) is 1.21. The van der Waals surface area contributed by atoms with Crippen LogP contribution in [0.1, 0.15) is 41.6 Å². The van der Waals surface area contributed by atoms with Crippen molar-refractivity contribution in [3.63, 3.8) is 0 Å². The van der Waals surface area contributed by atoms with Gasteiger partial charge < -0.3 is 15.8 Å². The van der Waals surface area contributed by atoms with E-state index in [0.717, 1.165) is 0 Å². The van der Waals surface area contributed by atoms with Crippen LogP contribution in [0, 0.1) is 5.92 Å². The molecule has 1 aromatic rings. The molecule has 0 aromatic carbocycles. The average molecular weight is 293 g/mol. The second kappa shape index (κ2) is 6.34. The second-order valence-corrected chi connectivity index (χ2v) is 5.07. The van der Waals surface area contributed by atoms with E-state index in [9.17, 15) is 14.4 Å². The highest BCUT2D eigenvalue weighted by molar-refractivity contribution is 6.05. The summed E-state index contributed by atoms with van der Waals surface area (Å²) in [6, 6.07) is 2.93. The summed E-state index contributed by atoms with van der Waals surface area (Å²) < 4.78 is 4.60. The van der Waals surface area contributed by atoms with E-state index in [-0.39, 0.29) is 17.2 Å². The number of hydrogen-bond acceptors (Lipinski definition) is 5. The van der Waals surface area contributed by atoms with Crippen LogP contribution in [0.25, 0.3) is 0 Å². The highest BCUT2D eigenvalue weighted by Gasteiger charge is 2.37. The molecule has 0 saturated heterocycles. The quantitative estimate of drug-likeness (QED) is 0.768. The van der Waals surface area contributed by atoms with Gasteiger partial charge in [0.15, 0.2) is 0 Å². The molecule has 7 heteroatoms. The predicted octanol–water partition coefficient (Wildman–Crippen LogP) is 0.498. The normalized spacial score (nSPS) is 13.4. The van der Waals surface area contributed by atoms with E-state index in [1.165, 1.54) is 32.4 Å². The Balaban J connectivity index is 3.16. The van der Waals surface area contributed by atoms with E-state index in [1.54, 1.807) is 13.8 Å². The van der Waals surface area contributed by atoms with Crippen LogP contribution < -0.4 is 11.1 Å². The number of ether oxygens (including phenoxy) is 1. The summed E-state index contributed by atoms with van der Waals surface area (Å²) in [6.07, 6.45) is 1.37. The van der Waals surface area contributed by atoms with E-state index in [0.29, 0.717) is 0 Å². The van der Waals surface area contributed by atoms with Crippen LogP contribution >= 0.6 is 0 Å². The van der Waals surface area contributed by atoms with Crippen molar-refractivity contribution in [3.8, 4) is 0 Å². The van der Waals surface area contributed by atoms with Gasteiger partial charge in [-0.3, -0.25) is 14.6 Å². The fourth-order valence-corrected chi connectivity index (χ4v) is 1.65. The standard InChI is InChI=1S/C14H19N3O4/c1-8(2)14(3,13(15)20)17-11(18)10-9(12(19)21-4)6-5-7-16-10/h5-8H,1-4H3,(H2,15,20)(H,17,18). The minimum atomic E-state index is -1.25. The third kappa shape index (κ3) is 3.36. The van der Waals surface area contributed by atoms with Crippen LogP contribution in [0.2, 0.25) is 0 Å². The van der Waals surface area contributed by atoms with Gasteiger partial charge in [0.1, 0.15) is 11.2 Å². The third-order valence-corrected chi connectivity index (χ3v) is 3.47. The van der Waals surface area contributed by atoms with Crippen LogP contribution in [-0.2, 0) is 9.53 Å². The zero-order chi connectivity index (χ0) is 16.2. The smallest absolute Gasteiger partial charge is 0.340 e. The maximum Gasteiger partial charge on any atom is 0.340 e. The molecule has 1 unspecified atom stereocenters. The first-order valence-corrected chi connectivity index (χ1v) is 6.39. The Kier molecular flexibility index (Phi) is 5.02. The minimum Gasteiger partial charge on any atom is -0.465 e. The van der Waals surface area contributed by atoms with Crippen LogP contribution in [-0.4, -0.2) is 35.4 Å². The molecule has 2 amide bonds. The SMILES string of the molecule is COC(=O)c1cccnc1C(=O)NC(C)(C(N)=O)C(C)C. The molecule has 21 heavy (non-hydrogen) atoms. The van der Waals surface area contributed by atoms with Crippen LogP contribution in [0.15, 0.2) is 18.3 Å². The molecule has 1 heterocycles. The number of hydrogen-bond donors (Lipinski definition) is 2.